The molecule has 0 aliphatic heterocycles. The van der Waals surface area contributed by atoms with Crippen LogP contribution in [-0.2, 0) is 19.4 Å². The molecule has 0 bridgehead atoms. The average molecular weight is 465 g/mol. The van der Waals surface area contributed by atoms with Crippen molar-refractivity contribution in [3.8, 4) is 11.8 Å². The molecule has 0 fully saturated rings. The number of nitrogens with zero attached hydrogens (tertiary/aromatic N) is 2. The SMILES string of the molecule is N#Cc1c(/N=C/c2ccc(OCc3ccc(Br)cc3)cc2)sc2c1CCCCC2. The summed E-state index contributed by atoms with van der Waals surface area (Å²) in [7, 11) is 0. The van der Waals surface area contributed by atoms with Crippen LogP contribution in [0, 0.1) is 11.3 Å². The van der Waals surface area contributed by atoms with Crippen LogP contribution in [0.5, 0.6) is 5.75 Å². The van der Waals surface area contributed by atoms with Gasteiger partial charge in [0, 0.05) is 15.6 Å². The molecule has 0 saturated carbocycles. The Morgan fingerprint density at radius 1 is 1.03 bits per heavy atom. The van der Waals surface area contributed by atoms with Crippen LogP contribution >= 0.6 is 27.3 Å². The summed E-state index contributed by atoms with van der Waals surface area (Å²) in [4.78, 5) is 5.99. The number of hydrogen-bond acceptors (Lipinski definition) is 4. The molecule has 29 heavy (non-hydrogen) atoms. The standard InChI is InChI=1S/C24H21BrN2OS/c25-19-10-6-18(7-11-19)16-28-20-12-8-17(9-13-20)15-27-24-22(14-26)21-4-2-1-3-5-23(21)29-24/h6-13,15H,1-5,16H2/b27-15+. The fourth-order valence-electron chi connectivity index (χ4n) is 3.47. The molecule has 0 saturated heterocycles. The normalized spacial score (nSPS) is 13.7. The summed E-state index contributed by atoms with van der Waals surface area (Å²) < 4.78 is 6.91. The molecule has 0 N–H and O–H groups in total. The molecule has 1 aliphatic rings. The summed E-state index contributed by atoms with van der Waals surface area (Å²) in [6, 6.07) is 18.4. The van der Waals surface area contributed by atoms with Crippen molar-refractivity contribution in [1.29, 1.82) is 5.26 Å². The number of aryl methyl sites for hydroxylation is 1. The van der Waals surface area contributed by atoms with E-state index in [1.165, 1.54) is 29.7 Å². The predicted octanol–water partition coefficient (Wildman–Crippen LogP) is 6.98. The lowest BCUT2D eigenvalue weighted by atomic mass is 10.1. The van der Waals surface area contributed by atoms with E-state index in [9.17, 15) is 5.26 Å². The van der Waals surface area contributed by atoms with Crippen LogP contribution < -0.4 is 4.74 Å². The molecule has 0 amide bonds. The minimum atomic E-state index is 0.535. The average Bonchev–Trinajstić information content (AvgIpc) is 2.91. The highest BCUT2D eigenvalue weighted by Crippen LogP contribution is 2.38. The van der Waals surface area contributed by atoms with Crippen molar-refractivity contribution < 1.29 is 4.74 Å². The second kappa shape index (κ2) is 9.39. The van der Waals surface area contributed by atoms with Gasteiger partial charge in [0.15, 0.2) is 0 Å². The lowest BCUT2D eigenvalue weighted by Crippen LogP contribution is -1.95. The number of nitriles is 1. The van der Waals surface area contributed by atoms with Crippen molar-refractivity contribution in [1.82, 2.24) is 0 Å². The van der Waals surface area contributed by atoms with E-state index in [1.807, 2.05) is 54.7 Å². The number of hydrogen-bond donors (Lipinski definition) is 0. The number of halogens is 1. The fraction of sp³-hybridized carbons (Fsp3) is 0.250. The molecule has 4 rings (SSSR count). The lowest BCUT2D eigenvalue weighted by molar-refractivity contribution is 0.306. The first-order valence-electron chi connectivity index (χ1n) is 9.79. The third kappa shape index (κ3) is 4.95. The smallest absolute Gasteiger partial charge is 0.134 e. The third-order valence-corrected chi connectivity index (χ3v) is 6.77. The van der Waals surface area contributed by atoms with Crippen LogP contribution in [0.2, 0.25) is 0 Å². The van der Waals surface area contributed by atoms with Crippen LogP contribution in [0.3, 0.4) is 0 Å². The maximum Gasteiger partial charge on any atom is 0.134 e. The van der Waals surface area contributed by atoms with Crippen LogP contribution in [0.15, 0.2) is 58.0 Å². The van der Waals surface area contributed by atoms with Gasteiger partial charge in [0.25, 0.3) is 0 Å². The molecule has 1 heterocycles. The molecule has 5 heteroatoms. The van der Waals surface area contributed by atoms with E-state index >= 15 is 0 Å². The Bertz CT molecular complexity index is 1050. The van der Waals surface area contributed by atoms with E-state index in [-0.39, 0.29) is 0 Å². The molecule has 146 valence electrons. The summed E-state index contributed by atoms with van der Waals surface area (Å²) in [6.07, 6.45) is 7.56. The van der Waals surface area contributed by atoms with E-state index in [1.54, 1.807) is 11.3 Å². The van der Waals surface area contributed by atoms with Crippen molar-refractivity contribution in [3.05, 3.63) is 80.1 Å². The summed E-state index contributed by atoms with van der Waals surface area (Å²) >= 11 is 5.12. The molecular weight excluding hydrogens is 444 g/mol. The molecule has 0 spiro atoms. The monoisotopic (exact) mass is 464 g/mol. The van der Waals surface area contributed by atoms with Gasteiger partial charge in [0.1, 0.15) is 23.4 Å². The summed E-state index contributed by atoms with van der Waals surface area (Å²) in [5, 5.41) is 10.5. The second-order valence-corrected chi connectivity index (χ2v) is 9.10. The first-order valence-corrected chi connectivity index (χ1v) is 11.4. The molecule has 0 atom stereocenters. The highest BCUT2D eigenvalue weighted by atomic mass is 79.9. The Labute approximate surface area is 183 Å². The van der Waals surface area contributed by atoms with Gasteiger partial charge in [0.05, 0.1) is 5.56 Å². The van der Waals surface area contributed by atoms with E-state index in [0.29, 0.717) is 6.61 Å². The summed E-state index contributed by atoms with van der Waals surface area (Å²) in [5.74, 6) is 0.825. The quantitative estimate of drug-likeness (QED) is 0.301. The number of aliphatic imine (C=N–C) groups is 1. The van der Waals surface area contributed by atoms with Gasteiger partial charge in [-0.15, -0.1) is 11.3 Å². The Hall–Kier alpha value is -2.42. The topological polar surface area (TPSA) is 45.4 Å². The van der Waals surface area contributed by atoms with Crippen LogP contribution in [0.4, 0.5) is 5.00 Å². The molecule has 0 unspecified atom stereocenters. The minimum Gasteiger partial charge on any atom is -0.489 e. The van der Waals surface area contributed by atoms with Gasteiger partial charge in [-0.05, 0) is 78.8 Å². The van der Waals surface area contributed by atoms with Gasteiger partial charge in [-0.25, -0.2) is 4.99 Å². The summed E-state index contributed by atoms with van der Waals surface area (Å²) in [6.45, 7) is 0.535. The lowest BCUT2D eigenvalue weighted by Gasteiger charge is -2.06. The molecule has 1 aromatic heterocycles. The number of fused-ring (bicyclic) bond motifs is 1. The zero-order valence-electron chi connectivity index (χ0n) is 16.0. The predicted molar refractivity (Wildman–Crippen MR) is 122 cm³/mol. The molecular formula is C24H21BrN2OS. The Balaban J connectivity index is 1.43. The van der Waals surface area contributed by atoms with Crippen molar-refractivity contribution in [2.24, 2.45) is 4.99 Å². The molecule has 0 radical (unpaired) electrons. The fourth-order valence-corrected chi connectivity index (χ4v) is 4.91. The number of thiophene rings is 1. The van der Waals surface area contributed by atoms with Crippen molar-refractivity contribution >= 4 is 38.5 Å². The largest absolute Gasteiger partial charge is 0.489 e. The molecule has 3 nitrogen and oxygen atoms in total. The van der Waals surface area contributed by atoms with E-state index in [2.05, 4.69) is 27.0 Å². The Kier molecular flexibility index (Phi) is 6.43. The molecule has 3 aromatic rings. The number of rotatable bonds is 5. The zero-order chi connectivity index (χ0) is 20.1. The van der Waals surface area contributed by atoms with E-state index < -0.39 is 0 Å². The second-order valence-electron chi connectivity index (χ2n) is 7.10. The first-order chi connectivity index (χ1) is 14.2. The van der Waals surface area contributed by atoms with E-state index in [4.69, 9.17) is 4.74 Å². The first kappa shape index (κ1) is 19.9. The van der Waals surface area contributed by atoms with Gasteiger partial charge in [-0.3, -0.25) is 0 Å². The van der Waals surface area contributed by atoms with Gasteiger partial charge in [0.2, 0.25) is 0 Å². The maximum atomic E-state index is 9.62. The highest BCUT2D eigenvalue weighted by Gasteiger charge is 2.19. The summed E-state index contributed by atoms with van der Waals surface area (Å²) in [5.41, 5.74) is 4.13. The maximum absolute atomic E-state index is 9.62. The van der Waals surface area contributed by atoms with Crippen molar-refractivity contribution in [3.63, 3.8) is 0 Å². The number of ether oxygens (including phenoxy) is 1. The third-order valence-electron chi connectivity index (χ3n) is 5.04. The van der Waals surface area contributed by atoms with Crippen molar-refractivity contribution in [2.75, 3.05) is 0 Å². The van der Waals surface area contributed by atoms with Gasteiger partial charge in [-0.1, -0.05) is 34.5 Å². The van der Waals surface area contributed by atoms with E-state index in [0.717, 1.165) is 44.8 Å². The Morgan fingerprint density at radius 2 is 1.79 bits per heavy atom. The Morgan fingerprint density at radius 3 is 2.55 bits per heavy atom. The van der Waals surface area contributed by atoms with Crippen LogP contribution in [-0.4, -0.2) is 6.21 Å². The molecule has 1 aliphatic carbocycles. The van der Waals surface area contributed by atoms with Gasteiger partial charge >= 0.3 is 0 Å². The zero-order valence-corrected chi connectivity index (χ0v) is 18.4. The van der Waals surface area contributed by atoms with Gasteiger partial charge < -0.3 is 4.74 Å². The minimum absolute atomic E-state index is 0.535. The van der Waals surface area contributed by atoms with Crippen LogP contribution in [0.25, 0.3) is 0 Å². The van der Waals surface area contributed by atoms with Crippen molar-refractivity contribution in [2.45, 2.75) is 38.7 Å². The highest BCUT2D eigenvalue weighted by molar-refractivity contribution is 9.10. The number of benzene rings is 2. The van der Waals surface area contributed by atoms with Crippen LogP contribution in [0.1, 0.15) is 46.4 Å². The molecule has 2 aromatic carbocycles. The van der Waals surface area contributed by atoms with Gasteiger partial charge in [-0.2, -0.15) is 5.26 Å².